The van der Waals surface area contributed by atoms with Gasteiger partial charge in [-0.2, -0.15) is 5.10 Å². The lowest BCUT2D eigenvalue weighted by Gasteiger charge is -2.27. The molecule has 1 saturated heterocycles. The van der Waals surface area contributed by atoms with Gasteiger partial charge in [-0.05, 0) is 32.4 Å². The first-order chi connectivity index (χ1) is 12.8. The number of anilines is 1. The summed E-state index contributed by atoms with van der Waals surface area (Å²) >= 11 is 0. The van der Waals surface area contributed by atoms with Crippen LogP contribution in [0.15, 0.2) is 18.5 Å². The predicted octanol–water partition coefficient (Wildman–Crippen LogP) is 0.815. The molecule has 2 aromatic rings. The Kier molecular flexibility index (Phi) is 5.22. The first kappa shape index (κ1) is 19.3. The molecule has 2 aromatic heterocycles. The van der Waals surface area contributed by atoms with Gasteiger partial charge >= 0.3 is 6.16 Å². The summed E-state index contributed by atoms with van der Waals surface area (Å²) in [6, 6.07) is 3.38. The Labute approximate surface area is 155 Å². The van der Waals surface area contributed by atoms with Gasteiger partial charge in [0.15, 0.2) is 5.82 Å². The molecule has 1 aliphatic heterocycles. The van der Waals surface area contributed by atoms with Crippen molar-refractivity contribution in [1.82, 2.24) is 14.6 Å². The zero-order valence-corrected chi connectivity index (χ0v) is 15.4. The van der Waals surface area contributed by atoms with E-state index in [-0.39, 0.29) is 18.5 Å². The van der Waals surface area contributed by atoms with Crippen LogP contribution < -0.4 is 5.73 Å². The number of hydrogen-bond donors (Lipinski definition) is 3. The van der Waals surface area contributed by atoms with Crippen molar-refractivity contribution in [3.63, 3.8) is 0 Å². The van der Waals surface area contributed by atoms with Crippen molar-refractivity contribution in [2.45, 2.75) is 57.2 Å². The number of nitrogens with two attached hydrogens (primary N) is 1. The van der Waals surface area contributed by atoms with E-state index in [2.05, 4.69) is 10.1 Å². The summed E-state index contributed by atoms with van der Waals surface area (Å²) in [6.45, 7) is 4.89. The highest BCUT2D eigenvalue weighted by Crippen LogP contribution is 2.40. The summed E-state index contributed by atoms with van der Waals surface area (Å²) in [5.74, 6) is 0.281. The topological polar surface area (TPSA) is 141 Å². The van der Waals surface area contributed by atoms with Crippen LogP contribution in [0.3, 0.4) is 0 Å². The third-order valence-corrected chi connectivity index (χ3v) is 4.81. The average Bonchev–Trinajstić information content (AvgIpc) is 3.16. The fraction of sp³-hybridized carbons (Fsp3) is 0.588. The fourth-order valence-electron chi connectivity index (χ4n) is 2.98. The minimum absolute atomic E-state index is 0.280. The normalized spacial score (nSPS) is 29.0. The minimum Gasteiger partial charge on any atom is -0.431 e. The molecule has 5 atom stereocenters. The number of ether oxygens (including phenoxy) is 3. The van der Waals surface area contributed by atoms with E-state index in [0.717, 1.165) is 0 Å². The molecule has 0 spiro atoms. The van der Waals surface area contributed by atoms with Gasteiger partial charge in [0.2, 0.25) is 0 Å². The lowest BCUT2D eigenvalue weighted by atomic mass is 9.97. The minimum atomic E-state index is -1.32. The number of hydrogen-bond acceptors (Lipinski definition) is 9. The van der Waals surface area contributed by atoms with E-state index in [4.69, 9.17) is 19.9 Å². The van der Waals surface area contributed by atoms with Gasteiger partial charge in [0.25, 0.3) is 0 Å². The molecule has 0 unspecified atom stereocenters. The van der Waals surface area contributed by atoms with Gasteiger partial charge in [0.05, 0.1) is 5.69 Å². The molecular formula is C17H24N4O6. The monoisotopic (exact) mass is 380 g/mol. The summed E-state index contributed by atoms with van der Waals surface area (Å²) in [5.41, 5.74) is 5.55. The zero-order valence-electron chi connectivity index (χ0n) is 15.4. The molecule has 1 aliphatic rings. The summed E-state index contributed by atoms with van der Waals surface area (Å²) < 4.78 is 17.5. The standard InChI is InChI=1S/C17H24N4O6/c1-4-9(2)26-16(24)25-7-17(3)14(23)12(22)13(27-17)10-5-6-11-15(18)19-8-20-21(10)11/h5-6,8-9,12-14,22-23H,4,7H2,1-3H3,(H2,18,19,20)/t9-,12-,13-,14-,17+/m0/s1. The van der Waals surface area contributed by atoms with Gasteiger partial charge in [-0.25, -0.2) is 14.3 Å². The Balaban J connectivity index is 1.76. The Morgan fingerprint density at radius 3 is 2.93 bits per heavy atom. The molecule has 27 heavy (non-hydrogen) atoms. The molecule has 0 aliphatic carbocycles. The van der Waals surface area contributed by atoms with Crippen LogP contribution in [0.4, 0.5) is 10.6 Å². The van der Waals surface area contributed by atoms with Crippen molar-refractivity contribution in [2.75, 3.05) is 12.3 Å². The second-order valence-corrected chi connectivity index (χ2v) is 6.86. The maximum Gasteiger partial charge on any atom is 0.508 e. The molecule has 4 N–H and O–H groups in total. The molecule has 0 aromatic carbocycles. The highest BCUT2D eigenvalue weighted by molar-refractivity contribution is 5.65. The van der Waals surface area contributed by atoms with E-state index < -0.39 is 30.1 Å². The number of rotatable bonds is 5. The Bertz CT molecular complexity index is 827. The number of carbonyl (C=O) groups is 1. The number of aliphatic hydroxyl groups is 2. The second-order valence-electron chi connectivity index (χ2n) is 6.86. The van der Waals surface area contributed by atoms with Crippen molar-refractivity contribution in [1.29, 1.82) is 0 Å². The number of fused-ring (bicyclic) bond motifs is 1. The maximum atomic E-state index is 11.7. The van der Waals surface area contributed by atoms with E-state index in [1.165, 1.54) is 10.8 Å². The largest absolute Gasteiger partial charge is 0.508 e. The second kappa shape index (κ2) is 7.29. The molecule has 0 bridgehead atoms. The highest BCUT2D eigenvalue weighted by atomic mass is 16.7. The number of aliphatic hydroxyl groups excluding tert-OH is 2. The molecule has 0 radical (unpaired) electrons. The number of aromatic nitrogens is 3. The molecule has 3 heterocycles. The molecular weight excluding hydrogens is 356 g/mol. The summed E-state index contributed by atoms with van der Waals surface area (Å²) in [4.78, 5) is 15.7. The van der Waals surface area contributed by atoms with Gasteiger partial charge in [-0.3, -0.25) is 0 Å². The van der Waals surface area contributed by atoms with Crippen molar-refractivity contribution in [3.05, 3.63) is 24.2 Å². The van der Waals surface area contributed by atoms with Gasteiger partial charge < -0.3 is 30.2 Å². The first-order valence-corrected chi connectivity index (χ1v) is 8.72. The van der Waals surface area contributed by atoms with Crippen LogP contribution in [0, 0.1) is 0 Å². The lowest BCUT2D eigenvalue weighted by molar-refractivity contribution is -0.111. The Morgan fingerprint density at radius 2 is 2.22 bits per heavy atom. The van der Waals surface area contributed by atoms with Crippen LogP contribution in [0.25, 0.3) is 5.52 Å². The van der Waals surface area contributed by atoms with Gasteiger partial charge in [-0.1, -0.05) is 6.92 Å². The molecule has 0 saturated carbocycles. The molecule has 10 heteroatoms. The van der Waals surface area contributed by atoms with E-state index in [9.17, 15) is 15.0 Å². The van der Waals surface area contributed by atoms with E-state index in [0.29, 0.717) is 17.6 Å². The van der Waals surface area contributed by atoms with E-state index in [1.807, 2.05) is 6.92 Å². The van der Waals surface area contributed by atoms with Gasteiger partial charge in [0, 0.05) is 0 Å². The maximum absolute atomic E-state index is 11.7. The highest BCUT2D eigenvalue weighted by Gasteiger charge is 2.53. The van der Waals surface area contributed by atoms with Crippen molar-refractivity contribution >= 4 is 17.5 Å². The van der Waals surface area contributed by atoms with Crippen LogP contribution in [0.1, 0.15) is 39.0 Å². The quantitative estimate of drug-likeness (QED) is 0.642. The lowest BCUT2D eigenvalue weighted by Crippen LogP contribution is -2.45. The third-order valence-electron chi connectivity index (χ3n) is 4.81. The molecule has 3 rings (SSSR count). The molecule has 148 valence electrons. The van der Waals surface area contributed by atoms with E-state index in [1.54, 1.807) is 26.0 Å². The molecule has 10 nitrogen and oxygen atoms in total. The number of nitrogens with zero attached hydrogens (tertiary/aromatic N) is 3. The summed E-state index contributed by atoms with van der Waals surface area (Å²) in [7, 11) is 0. The predicted molar refractivity (Wildman–Crippen MR) is 93.8 cm³/mol. The molecule has 1 fully saturated rings. The van der Waals surface area contributed by atoms with Crippen LogP contribution in [-0.4, -0.2) is 61.5 Å². The number of carbonyl (C=O) groups excluding carboxylic acids is 1. The smallest absolute Gasteiger partial charge is 0.431 e. The Hall–Kier alpha value is -2.43. The van der Waals surface area contributed by atoms with Crippen LogP contribution in [-0.2, 0) is 14.2 Å². The number of nitrogen functional groups attached to an aromatic ring is 1. The van der Waals surface area contributed by atoms with Gasteiger partial charge in [-0.15, -0.1) is 0 Å². The Morgan fingerprint density at radius 1 is 1.48 bits per heavy atom. The van der Waals surface area contributed by atoms with Crippen LogP contribution in [0.2, 0.25) is 0 Å². The van der Waals surface area contributed by atoms with Crippen molar-refractivity contribution in [3.8, 4) is 0 Å². The average molecular weight is 380 g/mol. The third kappa shape index (κ3) is 3.55. The fourth-order valence-corrected chi connectivity index (χ4v) is 2.98. The summed E-state index contributed by atoms with van der Waals surface area (Å²) in [6.07, 6.45) is -2.63. The van der Waals surface area contributed by atoms with Crippen LogP contribution in [0.5, 0.6) is 0 Å². The van der Waals surface area contributed by atoms with Gasteiger partial charge in [0.1, 0.15) is 48.5 Å². The van der Waals surface area contributed by atoms with Crippen LogP contribution >= 0.6 is 0 Å². The zero-order chi connectivity index (χ0) is 19.8. The first-order valence-electron chi connectivity index (χ1n) is 8.72. The van der Waals surface area contributed by atoms with Crippen molar-refractivity contribution in [2.24, 2.45) is 0 Å². The summed E-state index contributed by atoms with van der Waals surface area (Å²) in [5, 5.41) is 25.1. The SMILES string of the molecule is CC[C@H](C)OC(=O)OC[C@@]1(C)O[C@@H](c2ccc3c(N)ncnn23)[C@H](O)[C@@H]1O. The molecule has 0 amide bonds. The van der Waals surface area contributed by atoms with E-state index >= 15 is 0 Å². The van der Waals surface area contributed by atoms with Crippen molar-refractivity contribution < 1.29 is 29.2 Å².